The molecular formula is C19H19NO. The summed E-state index contributed by atoms with van der Waals surface area (Å²) < 4.78 is 8.09. The lowest BCUT2D eigenvalue weighted by Crippen LogP contribution is -1.99. The molecular weight excluding hydrogens is 258 g/mol. The first-order valence-electron chi connectivity index (χ1n) is 7.26. The van der Waals surface area contributed by atoms with Crippen molar-refractivity contribution >= 4 is 21.8 Å². The van der Waals surface area contributed by atoms with E-state index in [2.05, 4.69) is 61.6 Å². The predicted octanol–water partition coefficient (Wildman–Crippen LogP) is 4.44. The van der Waals surface area contributed by atoms with Crippen molar-refractivity contribution in [3.8, 4) is 18.1 Å². The smallest absolute Gasteiger partial charge is 0.148 e. The summed E-state index contributed by atoms with van der Waals surface area (Å²) in [5, 5.41) is 2.56. The van der Waals surface area contributed by atoms with Crippen molar-refractivity contribution in [3.63, 3.8) is 0 Å². The van der Waals surface area contributed by atoms with E-state index in [-0.39, 0.29) is 0 Å². The van der Waals surface area contributed by atoms with Gasteiger partial charge in [0.1, 0.15) is 12.4 Å². The van der Waals surface area contributed by atoms with Crippen molar-refractivity contribution in [3.05, 3.63) is 41.5 Å². The second-order valence-corrected chi connectivity index (χ2v) is 5.29. The Bertz CT molecular complexity index is 865. The quantitative estimate of drug-likeness (QED) is 0.645. The van der Waals surface area contributed by atoms with Crippen molar-refractivity contribution in [2.45, 2.75) is 27.3 Å². The summed E-state index contributed by atoms with van der Waals surface area (Å²) in [5.41, 5.74) is 4.95. The van der Waals surface area contributed by atoms with Crippen LogP contribution >= 0.6 is 0 Å². The van der Waals surface area contributed by atoms with Gasteiger partial charge in [-0.15, -0.1) is 6.42 Å². The van der Waals surface area contributed by atoms with E-state index in [1.54, 1.807) is 0 Å². The van der Waals surface area contributed by atoms with Crippen molar-refractivity contribution in [1.29, 1.82) is 0 Å². The molecule has 0 N–H and O–H groups in total. The van der Waals surface area contributed by atoms with E-state index >= 15 is 0 Å². The van der Waals surface area contributed by atoms with Crippen LogP contribution in [0.3, 0.4) is 0 Å². The Hall–Kier alpha value is -2.40. The Kier molecular flexibility index (Phi) is 3.35. The highest BCUT2D eigenvalue weighted by atomic mass is 16.5. The molecule has 0 aliphatic heterocycles. The maximum Gasteiger partial charge on any atom is 0.148 e. The van der Waals surface area contributed by atoms with Gasteiger partial charge in [-0.1, -0.05) is 24.1 Å². The van der Waals surface area contributed by atoms with Crippen LogP contribution in [-0.2, 0) is 6.54 Å². The summed E-state index contributed by atoms with van der Waals surface area (Å²) in [7, 11) is 0. The number of rotatable bonds is 3. The van der Waals surface area contributed by atoms with Crippen LogP contribution in [0.5, 0.6) is 5.75 Å². The molecule has 0 bridgehead atoms. The van der Waals surface area contributed by atoms with Gasteiger partial charge in [0.2, 0.25) is 0 Å². The Morgan fingerprint density at radius 1 is 1.24 bits per heavy atom. The minimum Gasteiger partial charge on any atom is -0.481 e. The second-order valence-electron chi connectivity index (χ2n) is 5.29. The number of fused-ring (bicyclic) bond motifs is 3. The van der Waals surface area contributed by atoms with Gasteiger partial charge < -0.3 is 9.30 Å². The lowest BCUT2D eigenvalue weighted by Gasteiger charge is -2.12. The van der Waals surface area contributed by atoms with E-state index in [0.29, 0.717) is 6.61 Å². The summed E-state index contributed by atoms with van der Waals surface area (Å²) in [5.74, 6) is 3.42. The molecule has 1 heterocycles. The van der Waals surface area contributed by atoms with Gasteiger partial charge in [-0.05, 0) is 38.5 Å². The Labute approximate surface area is 125 Å². The Morgan fingerprint density at radius 3 is 2.71 bits per heavy atom. The lowest BCUT2D eigenvalue weighted by atomic mass is 10.0. The van der Waals surface area contributed by atoms with Gasteiger partial charge in [0.15, 0.2) is 0 Å². The molecule has 106 valence electrons. The molecule has 0 saturated heterocycles. The molecule has 2 aromatic carbocycles. The third-order valence-corrected chi connectivity index (χ3v) is 4.06. The second kappa shape index (κ2) is 5.18. The zero-order valence-corrected chi connectivity index (χ0v) is 12.7. The molecule has 0 unspecified atom stereocenters. The van der Waals surface area contributed by atoms with E-state index < -0.39 is 0 Å². The van der Waals surface area contributed by atoms with Gasteiger partial charge >= 0.3 is 0 Å². The third kappa shape index (κ3) is 1.97. The lowest BCUT2D eigenvalue weighted by molar-refractivity contribution is 0.368. The Morgan fingerprint density at radius 2 is 2.00 bits per heavy atom. The van der Waals surface area contributed by atoms with Gasteiger partial charge in [-0.25, -0.2) is 0 Å². The molecule has 2 heteroatoms. The van der Waals surface area contributed by atoms with Crippen molar-refractivity contribution in [2.75, 3.05) is 6.61 Å². The van der Waals surface area contributed by atoms with Crippen LogP contribution in [0.15, 0.2) is 30.3 Å². The fourth-order valence-corrected chi connectivity index (χ4v) is 3.19. The first-order chi connectivity index (χ1) is 10.2. The number of ether oxygens (including phenoxy) is 1. The molecule has 0 atom stereocenters. The molecule has 0 amide bonds. The molecule has 21 heavy (non-hydrogen) atoms. The average molecular weight is 277 g/mol. The summed E-state index contributed by atoms with van der Waals surface area (Å²) in [4.78, 5) is 0. The van der Waals surface area contributed by atoms with E-state index in [4.69, 9.17) is 11.2 Å². The number of para-hydroxylation sites is 1. The summed E-state index contributed by atoms with van der Waals surface area (Å²) in [6, 6.07) is 10.6. The van der Waals surface area contributed by atoms with E-state index in [9.17, 15) is 0 Å². The zero-order valence-electron chi connectivity index (χ0n) is 12.7. The van der Waals surface area contributed by atoms with Crippen LogP contribution in [0.2, 0.25) is 0 Å². The number of aryl methyl sites for hydroxylation is 3. The third-order valence-electron chi connectivity index (χ3n) is 4.06. The van der Waals surface area contributed by atoms with Crippen LogP contribution < -0.4 is 4.74 Å². The van der Waals surface area contributed by atoms with Crippen molar-refractivity contribution in [1.82, 2.24) is 4.57 Å². The van der Waals surface area contributed by atoms with Crippen LogP contribution in [0.4, 0.5) is 0 Å². The molecule has 0 radical (unpaired) electrons. The number of hydrogen-bond donors (Lipinski definition) is 0. The number of hydrogen-bond acceptors (Lipinski definition) is 1. The highest BCUT2D eigenvalue weighted by molar-refractivity contribution is 6.11. The molecule has 0 aliphatic carbocycles. The monoisotopic (exact) mass is 277 g/mol. The summed E-state index contributed by atoms with van der Waals surface area (Å²) in [6.07, 6.45) is 5.31. The first-order valence-corrected chi connectivity index (χ1v) is 7.26. The largest absolute Gasteiger partial charge is 0.481 e. The van der Waals surface area contributed by atoms with Gasteiger partial charge in [0.25, 0.3) is 0 Å². The SMILES string of the molecule is C#CCOc1cc(C)c2c(c1C)c1ccccc1n2CC. The number of aromatic nitrogens is 1. The molecule has 0 saturated carbocycles. The molecule has 0 aliphatic rings. The minimum absolute atomic E-state index is 0.304. The average Bonchev–Trinajstić information content (AvgIpc) is 2.84. The zero-order chi connectivity index (χ0) is 15.0. The molecule has 1 aromatic heterocycles. The van der Waals surface area contributed by atoms with Gasteiger partial charge in [0.05, 0.1) is 5.52 Å². The van der Waals surface area contributed by atoms with Crippen molar-refractivity contribution < 1.29 is 4.74 Å². The van der Waals surface area contributed by atoms with E-state index in [0.717, 1.165) is 17.9 Å². The fraction of sp³-hybridized carbons (Fsp3) is 0.263. The summed E-state index contributed by atoms with van der Waals surface area (Å²) in [6.45, 7) is 7.69. The Balaban J connectivity index is 2.44. The van der Waals surface area contributed by atoms with Crippen LogP contribution in [0.25, 0.3) is 21.8 Å². The molecule has 2 nitrogen and oxygen atoms in total. The number of terminal acetylenes is 1. The molecule has 3 aromatic rings. The van der Waals surface area contributed by atoms with Crippen LogP contribution in [-0.4, -0.2) is 11.2 Å². The van der Waals surface area contributed by atoms with Crippen molar-refractivity contribution in [2.24, 2.45) is 0 Å². The van der Waals surface area contributed by atoms with Gasteiger partial charge in [0, 0.05) is 28.4 Å². The maximum atomic E-state index is 5.72. The normalized spacial score (nSPS) is 11.0. The standard InChI is InChI=1S/C19H19NO/c1-5-11-21-17-12-13(3)19-18(14(17)4)15-9-7-8-10-16(15)20(19)6-2/h1,7-10,12H,6,11H2,2-4H3. The highest BCUT2D eigenvalue weighted by Gasteiger charge is 2.16. The fourth-order valence-electron chi connectivity index (χ4n) is 3.19. The number of benzene rings is 2. The van der Waals surface area contributed by atoms with Gasteiger partial charge in [-0.2, -0.15) is 0 Å². The van der Waals surface area contributed by atoms with Crippen LogP contribution in [0, 0.1) is 26.2 Å². The molecule has 3 rings (SSSR count). The summed E-state index contributed by atoms with van der Waals surface area (Å²) >= 11 is 0. The maximum absolute atomic E-state index is 5.72. The minimum atomic E-state index is 0.304. The predicted molar refractivity (Wildman–Crippen MR) is 88.9 cm³/mol. The van der Waals surface area contributed by atoms with E-state index in [1.165, 1.54) is 27.4 Å². The van der Waals surface area contributed by atoms with Crippen LogP contribution in [0.1, 0.15) is 18.1 Å². The number of nitrogens with zero attached hydrogens (tertiary/aromatic N) is 1. The van der Waals surface area contributed by atoms with Gasteiger partial charge in [-0.3, -0.25) is 0 Å². The molecule has 0 spiro atoms. The first kappa shape index (κ1) is 13.6. The van der Waals surface area contributed by atoms with E-state index in [1.807, 2.05) is 0 Å². The highest BCUT2D eigenvalue weighted by Crippen LogP contribution is 2.37. The topological polar surface area (TPSA) is 14.2 Å². The molecule has 0 fully saturated rings.